The van der Waals surface area contributed by atoms with E-state index in [0.717, 1.165) is 19.3 Å². The summed E-state index contributed by atoms with van der Waals surface area (Å²) in [6.07, 6.45) is 4.03. The van der Waals surface area contributed by atoms with Crippen LogP contribution in [0.25, 0.3) is 0 Å². The summed E-state index contributed by atoms with van der Waals surface area (Å²) in [5, 5.41) is 23.7. The Labute approximate surface area is 105 Å². The van der Waals surface area contributed by atoms with Gasteiger partial charge in [0.15, 0.2) is 0 Å². The molecule has 1 aromatic heterocycles. The Morgan fingerprint density at radius 3 is 3.00 bits per heavy atom. The molecule has 1 aliphatic rings. The Morgan fingerprint density at radius 2 is 2.39 bits per heavy atom. The van der Waals surface area contributed by atoms with Gasteiger partial charge in [-0.2, -0.15) is 0 Å². The minimum atomic E-state index is -0.421. The Balaban J connectivity index is 2.09. The van der Waals surface area contributed by atoms with Crippen LogP contribution in [0.3, 0.4) is 0 Å². The van der Waals surface area contributed by atoms with Crippen LogP contribution in [0.5, 0.6) is 0 Å². The Hall–Kier alpha value is -1.69. The highest BCUT2D eigenvalue weighted by molar-refractivity contribution is 5.59. The number of aliphatic hydroxyl groups is 1. The van der Waals surface area contributed by atoms with Crippen molar-refractivity contribution in [2.24, 2.45) is 5.92 Å². The zero-order valence-corrected chi connectivity index (χ0v) is 10.3. The molecule has 1 saturated carbocycles. The fourth-order valence-electron chi connectivity index (χ4n) is 2.39. The first-order valence-electron chi connectivity index (χ1n) is 6.11. The molecule has 0 bridgehead atoms. The lowest BCUT2D eigenvalue weighted by atomic mass is 10.1. The molecule has 6 nitrogen and oxygen atoms in total. The molecule has 0 saturated heterocycles. The van der Waals surface area contributed by atoms with E-state index < -0.39 is 4.92 Å². The fraction of sp³-hybridized carbons (Fsp3) is 0.583. The minimum Gasteiger partial charge on any atom is -0.393 e. The Morgan fingerprint density at radius 1 is 1.61 bits per heavy atom. The van der Waals surface area contributed by atoms with Gasteiger partial charge in [-0.15, -0.1) is 0 Å². The van der Waals surface area contributed by atoms with Crippen LogP contribution >= 0.6 is 0 Å². The van der Waals surface area contributed by atoms with E-state index in [2.05, 4.69) is 10.3 Å². The number of rotatable bonds is 4. The van der Waals surface area contributed by atoms with Crippen molar-refractivity contribution in [3.05, 3.63) is 27.9 Å². The number of pyridine rings is 1. The SMILES string of the molecule is Cc1ccnc(NCC2CCCC2O)c1[N+](=O)[O-]. The summed E-state index contributed by atoms with van der Waals surface area (Å²) in [5.74, 6) is 0.450. The Kier molecular flexibility index (Phi) is 3.76. The van der Waals surface area contributed by atoms with Crippen molar-refractivity contribution < 1.29 is 10.0 Å². The van der Waals surface area contributed by atoms with Crippen LogP contribution in [0.4, 0.5) is 11.5 Å². The third-order valence-electron chi connectivity index (χ3n) is 3.46. The summed E-state index contributed by atoms with van der Waals surface area (Å²) in [4.78, 5) is 14.6. The van der Waals surface area contributed by atoms with Crippen LogP contribution in [-0.2, 0) is 0 Å². The van der Waals surface area contributed by atoms with Crippen LogP contribution in [0.15, 0.2) is 12.3 Å². The molecular formula is C12H17N3O3. The molecule has 1 fully saturated rings. The van der Waals surface area contributed by atoms with E-state index in [1.54, 1.807) is 19.2 Å². The normalized spacial score (nSPS) is 23.0. The molecule has 2 unspecified atom stereocenters. The number of anilines is 1. The molecule has 1 heterocycles. The van der Waals surface area contributed by atoms with E-state index in [-0.39, 0.29) is 17.7 Å². The molecule has 2 N–H and O–H groups in total. The molecule has 18 heavy (non-hydrogen) atoms. The monoisotopic (exact) mass is 251 g/mol. The quantitative estimate of drug-likeness (QED) is 0.630. The van der Waals surface area contributed by atoms with Crippen LogP contribution in [0, 0.1) is 23.0 Å². The second-order valence-corrected chi connectivity index (χ2v) is 4.72. The van der Waals surface area contributed by atoms with Crippen LogP contribution in [0.2, 0.25) is 0 Å². The predicted octanol–water partition coefficient (Wildman–Crippen LogP) is 1.87. The number of nitrogens with zero attached hydrogens (tertiary/aromatic N) is 2. The molecule has 0 spiro atoms. The van der Waals surface area contributed by atoms with Gasteiger partial charge in [-0.05, 0) is 25.8 Å². The van der Waals surface area contributed by atoms with E-state index in [4.69, 9.17) is 0 Å². The average molecular weight is 251 g/mol. The van der Waals surface area contributed by atoms with Gasteiger partial charge in [0, 0.05) is 24.2 Å². The van der Waals surface area contributed by atoms with Gasteiger partial charge in [-0.25, -0.2) is 4.98 Å². The molecule has 2 atom stereocenters. The number of aromatic nitrogens is 1. The van der Waals surface area contributed by atoms with Gasteiger partial charge in [0.05, 0.1) is 11.0 Å². The van der Waals surface area contributed by atoms with E-state index in [9.17, 15) is 15.2 Å². The summed E-state index contributed by atoms with van der Waals surface area (Å²) in [5.41, 5.74) is 0.606. The maximum absolute atomic E-state index is 11.0. The highest BCUT2D eigenvalue weighted by Gasteiger charge is 2.26. The maximum atomic E-state index is 11.0. The summed E-state index contributed by atoms with van der Waals surface area (Å²) >= 11 is 0. The fourth-order valence-corrected chi connectivity index (χ4v) is 2.39. The van der Waals surface area contributed by atoms with Gasteiger partial charge in [-0.1, -0.05) is 6.42 Å². The van der Waals surface area contributed by atoms with Gasteiger partial charge >= 0.3 is 5.69 Å². The summed E-state index contributed by atoms with van der Waals surface area (Å²) in [6.45, 7) is 2.22. The summed E-state index contributed by atoms with van der Waals surface area (Å²) < 4.78 is 0. The molecule has 0 amide bonds. The molecule has 1 aromatic rings. The summed E-state index contributed by atoms with van der Waals surface area (Å²) in [6, 6.07) is 1.62. The number of hydrogen-bond acceptors (Lipinski definition) is 5. The van der Waals surface area contributed by atoms with E-state index in [0.29, 0.717) is 17.9 Å². The van der Waals surface area contributed by atoms with Gasteiger partial charge in [0.2, 0.25) is 5.82 Å². The van der Waals surface area contributed by atoms with E-state index >= 15 is 0 Å². The highest BCUT2D eigenvalue weighted by Crippen LogP contribution is 2.29. The smallest absolute Gasteiger partial charge is 0.314 e. The zero-order chi connectivity index (χ0) is 13.1. The van der Waals surface area contributed by atoms with Crippen molar-refractivity contribution in [1.29, 1.82) is 0 Å². The topological polar surface area (TPSA) is 88.3 Å². The van der Waals surface area contributed by atoms with Crippen LogP contribution < -0.4 is 5.32 Å². The third-order valence-corrected chi connectivity index (χ3v) is 3.46. The molecule has 0 aromatic carbocycles. The van der Waals surface area contributed by atoms with Gasteiger partial charge < -0.3 is 10.4 Å². The lowest BCUT2D eigenvalue weighted by molar-refractivity contribution is -0.384. The molecular weight excluding hydrogens is 234 g/mol. The van der Waals surface area contributed by atoms with Crippen molar-refractivity contribution >= 4 is 11.5 Å². The first-order chi connectivity index (χ1) is 8.59. The minimum absolute atomic E-state index is 0.0185. The standard InChI is InChI=1S/C12H17N3O3/c1-8-5-6-13-12(11(8)15(17)18)14-7-9-3-2-4-10(9)16/h5-6,9-10,16H,2-4,7H2,1H3,(H,13,14). The van der Waals surface area contributed by atoms with Crippen molar-refractivity contribution in [3.63, 3.8) is 0 Å². The lowest BCUT2D eigenvalue weighted by Crippen LogP contribution is -2.22. The van der Waals surface area contributed by atoms with E-state index in [1.807, 2.05) is 0 Å². The number of hydrogen-bond donors (Lipinski definition) is 2. The van der Waals surface area contributed by atoms with Crippen molar-refractivity contribution in [2.75, 3.05) is 11.9 Å². The van der Waals surface area contributed by atoms with Crippen LogP contribution in [-0.4, -0.2) is 27.7 Å². The zero-order valence-electron chi connectivity index (χ0n) is 10.3. The van der Waals surface area contributed by atoms with Gasteiger partial charge in [-0.3, -0.25) is 10.1 Å². The van der Waals surface area contributed by atoms with Crippen molar-refractivity contribution in [2.45, 2.75) is 32.3 Å². The van der Waals surface area contributed by atoms with Crippen molar-refractivity contribution in [3.8, 4) is 0 Å². The molecule has 6 heteroatoms. The third kappa shape index (κ3) is 2.59. The Bertz CT molecular complexity index is 450. The predicted molar refractivity (Wildman–Crippen MR) is 67.5 cm³/mol. The summed E-state index contributed by atoms with van der Waals surface area (Å²) in [7, 11) is 0. The van der Waals surface area contributed by atoms with Crippen LogP contribution in [0.1, 0.15) is 24.8 Å². The number of nitrogens with one attached hydrogen (secondary N) is 1. The molecule has 0 radical (unpaired) electrons. The molecule has 98 valence electrons. The number of aryl methyl sites for hydroxylation is 1. The first kappa shape index (κ1) is 12.8. The molecule has 0 aliphatic heterocycles. The lowest BCUT2D eigenvalue weighted by Gasteiger charge is -2.15. The van der Waals surface area contributed by atoms with Gasteiger partial charge in [0.1, 0.15) is 0 Å². The first-order valence-corrected chi connectivity index (χ1v) is 6.11. The maximum Gasteiger partial charge on any atom is 0.314 e. The van der Waals surface area contributed by atoms with E-state index in [1.165, 1.54) is 0 Å². The molecule has 1 aliphatic carbocycles. The number of aliphatic hydroxyl groups excluding tert-OH is 1. The highest BCUT2D eigenvalue weighted by atomic mass is 16.6. The largest absolute Gasteiger partial charge is 0.393 e. The second kappa shape index (κ2) is 5.30. The average Bonchev–Trinajstić information content (AvgIpc) is 2.71. The second-order valence-electron chi connectivity index (χ2n) is 4.72. The number of nitro groups is 1. The van der Waals surface area contributed by atoms with Crippen molar-refractivity contribution in [1.82, 2.24) is 4.98 Å². The van der Waals surface area contributed by atoms with Gasteiger partial charge in [0.25, 0.3) is 0 Å². The molecule has 2 rings (SSSR count).